The number of esters is 4. The molecule has 292 valence electrons. The average molecular weight is 754 g/mol. The third-order valence-corrected chi connectivity index (χ3v) is 8.41. The molecule has 6 atom stereocenters. The highest BCUT2D eigenvalue weighted by atomic mass is 16.6. The minimum Gasteiger partial charge on any atom is -0.463 e. The molecular formula is C38H47N3O13. The van der Waals surface area contributed by atoms with Gasteiger partial charge in [-0.05, 0) is 49.4 Å². The van der Waals surface area contributed by atoms with E-state index in [9.17, 15) is 33.6 Å². The molecule has 0 aromatic heterocycles. The molecule has 0 spiro atoms. The van der Waals surface area contributed by atoms with Crippen LogP contribution in [0, 0.1) is 0 Å². The van der Waals surface area contributed by atoms with Crippen molar-refractivity contribution in [3.8, 4) is 11.1 Å². The molecule has 1 aliphatic heterocycles. The largest absolute Gasteiger partial charge is 0.463 e. The van der Waals surface area contributed by atoms with Crippen LogP contribution in [0.4, 0.5) is 4.79 Å². The first-order chi connectivity index (χ1) is 25.4. The number of fused-ring (bicyclic) bond motifs is 3. The number of benzene rings is 2. The fourth-order valence-electron chi connectivity index (χ4n) is 6.37. The monoisotopic (exact) mass is 753 g/mol. The van der Waals surface area contributed by atoms with Crippen LogP contribution in [0.5, 0.6) is 0 Å². The second-order valence-electron chi connectivity index (χ2n) is 13.9. The van der Waals surface area contributed by atoms with E-state index in [2.05, 4.69) is 16.0 Å². The predicted octanol–water partition coefficient (Wildman–Crippen LogP) is 2.79. The van der Waals surface area contributed by atoms with Gasteiger partial charge in [-0.25, -0.2) is 9.59 Å². The number of nitrogens with one attached hydrogen (secondary N) is 3. The molecule has 1 aliphatic carbocycles. The zero-order chi connectivity index (χ0) is 39.7. The molecule has 0 saturated carbocycles. The molecule has 3 amide bonds. The van der Waals surface area contributed by atoms with E-state index in [0.717, 1.165) is 43.0 Å². The minimum absolute atomic E-state index is 0.0166. The molecular weight excluding hydrogens is 706 g/mol. The molecule has 3 N–H and O–H groups in total. The molecule has 0 unspecified atom stereocenters. The van der Waals surface area contributed by atoms with Crippen LogP contribution in [0.1, 0.15) is 78.4 Å². The highest BCUT2D eigenvalue weighted by Gasteiger charge is 2.51. The maximum absolute atomic E-state index is 13.5. The van der Waals surface area contributed by atoms with Crippen molar-refractivity contribution >= 4 is 41.8 Å². The SMILES string of the molecule is CC(=O)N[C@@H]1[C@@H](OC(C)=O)[C@H](OC(C)=O)[C@@H](COC(C)=O)O[C@H]1NC(=O)CC[C@H](NC(=O)OCC1c2ccccc2-c2ccccc21)C(=O)OC(C)(C)C. The lowest BCUT2D eigenvalue weighted by Gasteiger charge is -2.45. The van der Waals surface area contributed by atoms with Gasteiger partial charge in [-0.2, -0.15) is 0 Å². The number of hydrogen-bond donors (Lipinski definition) is 3. The number of carbonyl (C=O) groups is 7. The number of amides is 3. The Labute approximate surface area is 312 Å². The zero-order valence-corrected chi connectivity index (χ0v) is 31.3. The summed E-state index contributed by atoms with van der Waals surface area (Å²) in [6.07, 6.45) is -6.92. The lowest BCUT2D eigenvalue weighted by Crippen LogP contribution is -2.69. The molecule has 0 radical (unpaired) electrons. The van der Waals surface area contributed by atoms with Crippen molar-refractivity contribution in [3.63, 3.8) is 0 Å². The van der Waals surface area contributed by atoms with Gasteiger partial charge < -0.3 is 44.4 Å². The first-order valence-electron chi connectivity index (χ1n) is 17.5. The summed E-state index contributed by atoms with van der Waals surface area (Å²) in [5.74, 6) is -4.63. The number of hydrogen-bond acceptors (Lipinski definition) is 13. The summed E-state index contributed by atoms with van der Waals surface area (Å²) in [7, 11) is 0. The Bertz CT molecular complexity index is 1690. The summed E-state index contributed by atoms with van der Waals surface area (Å²) < 4.78 is 33.1. The van der Waals surface area contributed by atoms with Gasteiger partial charge >= 0.3 is 30.0 Å². The zero-order valence-electron chi connectivity index (χ0n) is 31.3. The fraction of sp³-hybridized carbons (Fsp3) is 0.500. The van der Waals surface area contributed by atoms with E-state index in [1.165, 1.54) is 6.92 Å². The second kappa shape index (κ2) is 18.0. The Morgan fingerprint density at radius 2 is 1.31 bits per heavy atom. The Balaban J connectivity index is 1.49. The Morgan fingerprint density at radius 3 is 1.85 bits per heavy atom. The highest BCUT2D eigenvalue weighted by molar-refractivity contribution is 5.84. The van der Waals surface area contributed by atoms with Crippen molar-refractivity contribution in [3.05, 3.63) is 59.7 Å². The van der Waals surface area contributed by atoms with Crippen LogP contribution in [0.15, 0.2) is 48.5 Å². The first kappa shape index (κ1) is 41.2. The van der Waals surface area contributed by atoms with E-state index in [1.54, 1.807) is 20.8 Å². The van der Waals surface area contributed by atoms with Crippen LogP contribution in [0.3, 0.4) is 0 Å². The summed E-state index contributed by atoms with van der Waals surface area (Å²) in [4.78, 5) is 88.0. The summed E-state index contributed by atoms with van der Waals surface area (Å²) in [6.45, 7) is 9.00. The Kier molecular flexibility index (Phi) is 13.8. The molecule has 16 heteroatoms. The summed E-state index contributed by atoms with van der Waals surface area (Å²) in [6, 6.07) is 13.0. The quantitative estimate of drug-likeness (QED) is 0.199. The van der Waals surface area contributed by atoms with Gasteiger partial charge in [0.1, 0.15) is 37.0 Å². The smallest absolute Gasteiger partial charge is 0.407 e. The van der Waals surface area contributed by atoms with Gasteiger partial charge in [-0.1, -0.05) is 48.5 Å². The normalized spacial score (nSPS) is 20.9. The van der Waals surface area contributed by atoms with Crippen molar-refractivity contribution in [1.29, 1.82) is 0 Å². The van der Waals surface area contributed by atoms with E-state index in [4.69, 9.17) is 28.4 Å². The molecule has 4 rings (SSSR count). The number of carbonyl (C=O) groups excluding carboxylic acids is 7. The topological polar surface area (TPSA) is 211 Å². The van der Waals surface area contributed by atoms with E-state index in [0.29, 0.717) is 0 Å². The predicted molar refractivity (Wildman–Crippen MR) is 189 cm³/mol. The van der Waals surface area contributed by atoms with Gasteiger partial charge in [-0.15, -0.1) is 0 Å². The Hall–Kier alpha value is -5.51. The number of alkyl carbamates (subject to hydrolysis) is 1. The van der Waals surface area contributed by atoms with Crippen LogP contribution in [0.25, 0.3) is 11.1 Å². The van der Waals surface area contributed by atoms with Crippen LogP contribution < -0.4 is 16.0 Å². The first-order valence-corrected chi connectivity index (χ1v) is 17.5. The minimum atomic E-state index is -1.41. The van der Waals surface area contributed by atoms with Crippen LogP contribution >= 0.6 is 0 Å². The van der Waals surface area contributed by atoms with Crippen molar-refractivity contribution in [1.82, 2.24) is 16.0 Å². The summed E-state index contributed by atoms with van der Waals surface area (Å²) in [5.41, 5.74) is 3.16. The highest BCUT2D eigenvalue weighted by Crippen LogP contribution is 2.44. The third-order valence-electron chi connectivity index (χ3n) is 8.41. The molecule has 1 fully saturated rings. The van der Waals surface area contributed by atoms with Crippen molar-refractivity contribution in [2.24, 2.45) is 0 Å². The molecule has 2 aromatic carbocycles. The number of rotatable bonds is 13. The maximum atomic E-state index is 13.5. The molecule has 1 saturated heterocycles. The van der Waals surface area contributed by atoms with E-state index in [-0.39, 0.29) is 25.4 Å². The van der Waals surface area contributed by atoms with E-state index < -0.39 is 90.6 Å². The van der Waals surface area contributed by atoms with Crippen LogP contribution in [-0.4, -0.2) is 97.2 Å². The maximum Gasteiger partial charge on any atom is 0.407 e. The number of ether oxygens (including phenoxy) is 6. The third kappa shape index (κ3) is 11.2. The van der Waals surface area contributed by atoms with Gasteiger partial charge in [0.15, 0.2) is 18.4 Å². The summed E-state index contributed by atoms with van der Waals surface area (Å²) in [5, 5.41) is 7.70. The summed E-state index contributed by atoms with van der Waals surface area (Å²) >= 11 is 0. The Morgan fingerprint density at radius 1 is 0.741 bits per heavy atom. The lowest BCUT2D eigenvalue weighted by molar-refractivity contribution is -0.228. The lowest BCUT2D eigenvalue weighted by atomic mass is 9.95. The van der Waals surface area contributed by atoms with Crippen LogP contribution in [-0.2, 0) is 57.2 Å². The molecule has 1 heterocycles. The van der Waals surface area contributed by atoms with Crippen molar-refractivity contribution in [2.45, 2.75) is 109 Å². The van der Waals surface area contributed by atoms with Crippen molar-refractivity contribution < 1.29 is 62.0 Å². The van der Waals surface area contributed by atoms with E-state index in [1.807, 2.05) is 48.5 Å². The molecule has 2 aliphatic rings. The second-order valence-corrected chi connectivity index (χ2v) is 13.9. The van der Waals surface area contributed by atoms with Gasteiger partial charge in [0.2, 0.25) is 11.8 Å². The average Bonchev–Trinajstić information content (AvgIpc) is 3.39. The van der Waals surface area contributed by atoms with Gasteiger partial charge in [-0.3, -0.25) is 24.0 Å². The van der Waals surface area contributed by atoms with Gasteiger partial charge in [0.25, 0.3) is 0 Å². The molecule has 2 aromatic rings. The molecule has 0 bridgehead atoms. The van der Waals surface area contributed by atoms with Crippen molar-refractivity contribution in [2.75, 3.05) is 13.2 Å². The van der Waals surface area contributed by atoms with Crippen LogP contribution in [0.2, 0.25) is 0 Å². The fourth-order valence-corrected chi connectivity index (χ4v) is 6.37. The molecule has 16 nitrogen and oxygen atoms in total. The standard InChI is InChI=1S/C38H47N3O13/c1-20(42)39-32-34(52-23(4)45)33(51-22(3)44)30(19-49-21(2)43)53-35(32)41-31(46)17-16-29(36(47)54-38(5,6)7)40-37(48)50-18-28-26-14-10-8-12-24(26)25-13-9-11-15-27(25)28/h8-15,28-30,32-35H,16-19H2,1-7H3,(H,39,42)(H,40,48)(H,41,46)/t29-,30+,32+,33+,34+,35+/m0/s1. The molecule has 54 heavy (non-hydrogen) atoms. The van der Waals surface area contributed by atoms with Gasteiger partial charge in [0, 0.05) is 40.0 Å². The van der Waals surface area contributed by atoms with Gasteiger partial charge in [0.05, 0.1) is 0 Å². The van der Waals surface area contributed by atoms with E-state index >= 15 is 0 Å².